The molecule has 1 N–H and O–H groups in total. The second-order valence-corrected chi connectivity index (χ2v) is 8.12. The monoisotopic (exact) mass is 457 g/mol. The Kier molecular flexibility index (Phi) is 5.67. The van der Waals surface area contributed by atoms with Crippen LogP contribution in [0.25, 0.3) is 16.6 Å². The third-order valence-electron chi connectivity index (χ3n) is 5.65. The smallest absolute Gasteiger partial charge is 0.338 e. The average molecular weight is 457 g/mol. The van der Waals surface area contributed by atoms with Gasteiger partial charge in [0.1, 0.15) is 12.1 Å². The number of carbonyl (C=O) groups excluding carboxylic acids is 2. The first kappa shape index (κ1) is 21.6. The summed E-state index contributed by atoms with van der Waals surface area (Å²) in [5.74, 6) is -0.557. The number of rotatable bonds is 7. The molecule has 1 amide bonds. The molecular weight excluding hydrogens is 434 g/mol. The number of hydrogen-bond donors (Lipinski definition) is 1. The van der Waals surface area contributed by atoms with E-state index in [1.807, 2.05) is 30.3 Å². The molecule has 1 saturated carbocycles. The van der Waals surface area contributed by atoms with Crippen LogP contribution in [0.4, 0.5) is 5.69 Å². The number of esters is 1. The first-order valence-electron chi connectivity index (χ1n) is 11.2. The van der Waals surface area contributed by atoms with Gasteiger partial charge in [0, 0.05) is 17.0 Å². The molecule has 9 nitrogen and oxygen atoms in total. The Hall–Kier alpha value is -4.27. The molecule has 0 bridgehead atoms. The highest BCUT2D eigenvalue weighted by Crippen LogP contribution is 2.41. The summed E-state index contributed by atoms with van der Waals surface area (Å²) >= 11 is 0. The molecule has 2 aromatic heterocycles. The number of amides is 1. The average Bonchev–Trinajstić information content (AvgIpc) is 3.59. The Labute approximate surface area is 195 Å². The van der Waals surface area contributed by atoms with Gasteiger partial charge in [0.2, 0.25) is 5.91 Å². The fraction of sp³-hybridized carbons (Fsp3) is 0.240. The SMILES string of the molecule is CCOC(=O)c1ccc(NC(=O)Cn2nc(C3CC3)c3cnn(-c4ccccc4)c3c2=O)cc1. The van der Waals surface area contributed by atoms with E-state index in [0.717, 1.165) is 29.6 Å². The van der Waals surface area contributed by atoms with E-state index in [0.29, 0.717) is 16.8 Å². The lowest BCUT2D eigenvalue weighted by atomic mass is 10.2. The number of fused-ring (bicyclic) bond motifs is 1. The Bertz CT molecular complexity index is 1420. The Morgan fingerprint density at radius 3 is 2.50 bits per heavy atom. The third kappa shape index (κ3) is 4.19. The fourth-order valence-corrected chi connectivity index (χ4v) is 3.86. The van der Waals surface area contributed by atoms with Gasteiger partial charge in [-0.3, -0.25) is 9.59 Å². The third-order valence-corrected chi connectivity index (χ3v) is 5.65. The molecule has 4 aromatic rings. The highest BCUT2D eigenvalue weighted by molar-refractivity contribution is 5.93. The van der Waals surface area contributed by atoms with E-state index in [1.165, 1.54) is 4.68 Å². The summed E-state index contributed by atoms with van der Waals surface area (Å²) in [7, 11) is 0. The maximum absolute atomic E-state index is 13.4. The van der Waals surface area contributed by atoms with Crippen molar-refractivity contribution in [2.24, 2.45) is 0 Å². The molecule has 2 heterocycles. The molecule has 0 saturated heterocycles. The molecule has 9 heteroatoms. The fourth-order valence-electron chi connectivity index (χ4n) is 3.86. The molecule has 1 fully saturated rings. The Morgan fingerprint density at radius 1 is 1.09 bits per heavy atom. The van der Waals surface area contributed by atoms with E-state index in [-0.39, 0.29) is 24.6 Å². The Balaban J connectivity index is 1.43. The molecular formula is C25H23N5O4. The molecule has 0 aliphatic heterocycles. The number of hydrogen-bond acceptors (Lipinski definition) is 6. The van der Waals surface area contributed by atoms with Crippen molar-refractivity contribution in [1.29, 1.82) is 0 Å². The van der Waals surface area contributed by atoms with E-state index >= 15 is 0 Å². The summed E-state index contributed by atoms with van der Waals surface area (Å²) in [5.41, 5.74) is 2.49. The highest BCUT2D eigenvalue weighted by atomic mass is 16.5. The maximum atomic E-state index is 13.4. The van der Waals surface area contributed by atoms with Gasteiger partial charge >= 0.3 is 5.97 Å². The first-order chi connectivity index (χ1) is 16.5. The summed E-state index contributed by atoms with van der Waals surface area (Å²) in [5, 5.41) is 12.5. The molecule has 1 aliphatic carbocycles. The normalized spacial score (nSPS) is 13.1. The van der Waals surface area contributed by atoms with Crippen molar-refractivity contribution in [2.75, 3.05) is 11.9 Å². The van der Waals surface area contributed by atoms with Crippen molar-refractivity contribution >= 4 is 28.5 Å². The van der Waals surface area contributed by atoms with Crippen LogP contribution in [0.1, 0.15) is 41.7 Å². The van der Waals surface area contributed by atoms with Crippen LogP contribution in [0.3, 0.4) is 0 Å². The van der Waals surface area contributed by atoms with Crippen LogP contribution >= 0.6 is 0 Å². The number of para-hydroxylation sites is 1. The molecule has 5 rings (SSSR count). The topological polar surface area (TPSA) is 108 Å². The van der Waals surface area contributed by atoms with Crippen LogP contribution in [-0.2, 0) is 16.1 Å². The van der Waals surface area contributed by atoms with E-state index < -0.39 is 11.9 Å². The van der Waals surface area contributed by atoms with Gasteiger partial charge in [-0.1, -0.05) is 18.2 Å². The zero-order valence-corrected chi connectivity index (χ0v) is 18.6. The zero-order chi connectivity index (χ0) is 23.7. The zero-order valence-electron chi connectivity index (χ0n) is 18.6. The van der Waals surface area contributed by atoms with Gasteiger partial charge in [-0.15, -0.1) is 0 Å². The van der Waals surface area contributed by atoms with Crippen molar-refractivity contribution in [3.05, 3.63) is 82.4 Å². The number of aromatic nitrogens is 4. The van der Waals surface area contributed by atoms with Crippen molar-refractivity contribution in [3.8, 4) is 5.69 Å². The Morgan fingerprint density at radius 2 is 1.82 bits per heavy atom. The van der Waals surface area contributed by atoms with E-state index in [9.17, 15) is 14.4 Å². The van der Waals surface area contributed by atoms with Crippen molar-refractivity contribution in [1.82, 2.24) is 19.6 Å². The van der Waals surface area contributed by atoms with Gasteiger partial charge in [-0.2, -0.15) is 10.2 Å². The van der Waals surface area contributed by atoms with Gasteiger partial charge < -0.3 is 10.1 Å². The summed E-state index contributed by atoms with van der Waals surface area (Å²) in [6.45, 7) is 1.78. The van der Waals surface area contributed by atoms with Crippen LogP contribution in [-0.4, -0.2) is 38.0 Å². The first-order valence-corrected chi connectivity index (χ1v) is 11.2. The van der Waals surface area contributed by atoms with Gasteiger partial charge in [-0.25, -0.2) is 14.2 Å². The summed E-state index contributed by atoms with van der Waals surface area (Å²) in [4.78, 5) is 37.9. The van der Waals surface area contributed by atoms with E-state index in [2.05, 4.69) is 15.5 Å². The molecule has 34 heavy (non-hydrogen) atoms. The van der Waals surface area contributed by atoms with Gasteiger partial charge in [-0.05, 0) is 56.2 Å². The predicted molar refractivity (Wildman–Crippen MR) is 126 cm³/mol. The molecule has 0 unspecified atom stereocenters. The highest BCUT2D eigenvalue weighted by Gasteiger charge is 2.30. The quantitative estimate of drug-likeness (QED) is 0.427. The van der Waals surface area contributed by atoms with Crippen molar-refractivity contribution < 1.29 is 14.3 Å². The number of nitrogens with zero attached hydrogens (tertiary/aromatic N) is 4. The lowest BCUT2D eigenvalue weighted by Crippen LogP contribution is -2.31. The van der Waals surface area contributed by atoms with E-state index in [4.69, 9.17) is 4.74 Å². The molecule has 172 valence electrons. The van der Waals surface area contributed by atoms with Crippen LogP contribution in [0.15, 0.2) is 65.6 Å². The van der Waals surface area contributed by atoms with Crippen LogP contribution in [0.5, 0.6) is 0 Å². The number of anilines is 1. The standard InChI is InChI=1S/C25H23N5O4/c1-2-34-25(33)17-10-12-18(13-11-17)27-21(31)15-29-24(32)23-20(22(28-29)16-8-9-16)14-26-30(23)19-6-4-3-5-7-19/h3-7,10-14,16H,2,8-9,15H2,1H3,(H,27,31). The maximum Gasteiger partial charge on any atom is 0.338 e. The van der Waals surface area contributed by atoms with E-state index in [1.54, 1.807) is 42.1 Å². The minimum absolute atomic E-state index is 0.242. The second kappa shape index (κ2) is 8.93. The van der Waals surface area contributed by atoms with Crippen molar-refractivity contribution in [2.45, 2.75) is 32.2 Å². The van der Waals surface area contributed by atoms with Crippen LogP contribution in [0, 0.1) is 0 Å². The number of carbonyl (C=O) groups is 2. The summed E-state index contributed by atoms with van der Waals surface area (Å²) in [6.07, 6.45) is 3.67. The molecule has 0 atom stereocenters. The minimum atomic E-state index is -0.424. The molecule has 0 radical (unpaired) electrons. The van der Waals surface area contributed by atoms with Crippen molar-refractivity contribution in [3.63, 3.8) is 0 Å². The molecule has 0 spiro atoms. The lowest BCUT2D eigenvalue weighted by Gasteiger charge is -2.11. The summed E-state index contributed by atoms with van der Waals surface area (Å²) < 4.78 is 7.78. The molecule has 1 aliphatic rings. The van der Waals surface area contributed by atoms with Crippen LogP contribution < -0.4 is 10.9 Å². The van der Waals surface area contributed by atoms with Crippen LogP contribution in [0.2, 0.25) is 0 Å². The lowest BCUT2D eigenvalue weighted by molar-refractivity contribution is -0.117. The largest absolute Gasteiger partial charge is 0.462 e. The summed E-state index contributed by atoms with van der Waals surface area (Å²) in [6, 6.07) is 15.8. The van der Waals surface area contributed by atoms with Gasteiger partial charge in [0.15, 0.2) is 0 Å². The number of ether oxygens (including phenoxy) is 1. The van der Waals surface area contributed by atoms with Gasteiger partial charge in [0.25, 0.3) is 5.56 Å². The minimum Gasteiger partial charge on any atom is -0.462 e. The number of nitrogens with one attached hydrogen (secondary N) is 1. The van der Waals surface area contributed by atoms with Gasteiger partial charge in [0.05, 0.1) is 29.7 Å². The number of benzene rings is 2. The second-order valence-electron chi connectivity index (χ2n) is 8.12. The predicted octanol–water partition coefficient (Wildman–Crippen LogP) is 3.28. The molecule has 2 aromatic carbocycles.